The topological polar surface area (TPSA) is 72.4 Å². The molecule has 4 aromatic rings. The van der Waals surface area contributed by atoms with E-state index in [-0.39, 0.29) is 13.2 Å². The van der Waals surface area contributed by atoms with Crippen molar-refractivity contribution < 1.29 is 14.3 Å². The fourth-order valence-electron chi connectivity index (χ4n) is 3.48. The van der Waals surface area contributed by atoms with Gasteiger partial charge in [-0.05, 0) is 47.0 Å². The number of ether oxygens (including phenoxy) is 1. The van der Waals surface area contributed by atoms with Crippen molar-refractivity contribution in [3.63, 3.8) is 0 Å². The molecule has 8 heteroatoms. The molecule has 0 bridgehead atoms. The Morgan fingerprint density at radius 1 is 0.886 bits per heavy atom. The maximum absolute atomic E-state index is 13.9. The van der Waals surface area contributed by atoms with E-state index in [1.54, 1.807) is 67.0 Å². The summed E-state index contributed by atoms with van der Waals surface area (Å²) in [6.45, 7) is 0.189. The molecule has 4 rings (SSSR count). The Kier molecular flexibility index (Phi) is 8.13. The summed E-state index contributed by atoms with van der Waals surface area (Å²) in [5, 5.41) is 0.348. The number of anilines is 1. The van der Waals surface area contributed by atoms with Gasteiger partial charge in [0.2, 0.25) is 5.91 Å². The molecule has 0 spiro atoms. The molecule has 6 nitrogen and oxygen atoms in total. The van der Waals surface area contributed by atoms with Gasteiger partial charge in [-0.25, -0.2) is 9.97 Å². The Morgan fingerprint density at radius 2 is 1.60 bits per heavy atom. The van der Waals surface area contributed by atoms with E-state index in [1.165, 1.54) is 4.90 Å². The molecule has 2 aromatic heterocycles. The van der Waals surface area contributed by atoms with E-state index in [0.717, 1.165) is 16.0 Å². The number of benzene rings is 2. The summed E-state index contributed by atoms with van der Waals surface area (Å²) < 4.78 is 5.60. The first kappa shape index (κ1) is 24.4. The predicted molar refractivity (Wildman–Crippen MR) is 137 cm³/mol. The Labute approximate surface area is 214 Å². The molecule has 0 radical (unpaired) electrons. The largest absolute Gasteiger partial charge is 0.460 e. The number of esters is 1. The molecule has 0 aliphatic heterocycles. The summed E-state index contributed by atoms with van der Waals surface area (Å²) >= 11 is 10.2. The van der Waals surface area contributed by atoms with Crippen molar-refractivity contribution in [2.45, 2.75) is 24.0 Å². The van der Waals surface area contributed by atoms with Crippen molar-refractivity contribution in [2.24, 2.45) is 0 Å². The minimum Gasteiger partial charge on any atom is -0.460 e. The number of carbonyl (C=O) groups is 2. The van der Waals surface area contributed by atoms with Crippen LogP contribution in [0.5, 0.6) is 0 Å². The van der Waals surface area contributed by atoms with Crippen molar-refractivity contribution in [2.75, 3.05) is 4.90 Å². The Morgan fingerprint density at radius 3 is 2.26 bits per heavy atom. The van der Waals surface area contributed by atoms with Crippen LogP contribution in [0.15, 0.2) is 102 Å². The second kappa shape index (κ2) is 11.6. The highest BCUT2D eigenvalue weighted by Crippen LogP contribution is 2.26. The standard InChI is InChI=1S/C27H22ClN3O3S/c28-23-14-11-20(16-30-23)17-31(24-8-4-5-15-29-24)26(32)25(21-6-2-1-3-7-21)27(33)34-18-19-9-12-22(35)13-10-19/h1-16,25,35H,17-18H2. The van der Waals surface area contributed by atoms with Crippen LogP contribution in [0.4, 0.5) is 5.82 Å². The Bertz CT molecular complexity index is 1270. The highest BCUT2D eigenvalue weighted by Gasteiger charge is 2.35. The van der Waals surface area contributed by atoms with Crippen LogP contribution in [-0.4, -0.2) is 21.8 Å². The maximum Gasteiger partial charge on any atom is 0.323 e. The maximum atomic E-state index is 13.9. The minimum atomic E-state index is -1.18. The fourth-order valence-corrected chi connectivity index (χ4v) is 3.74. The van der Waals surface area contributed by atoms with E-state index in [9.17, 15) is 9.59 Å². The lowest BCUT2D eigenvalue weighted by Crippen LogP contribution is -2.39. The first-order valence-electron chi connectivity index (χ1n) is 10.8. The van der Waals surface area contributed by atoms with Crippen LogP contribution < -0.4 is 4.90 Å². The molecule has 176 valence electrons. The van der Waals surface area contributed by atoms with Gasteiger partial charge >= 0.3 is 5.97 Å². The molecule has 0 saturated heterocycles. The summed E-state index contributed by atoms with van der Waals surface area (Å²) in [7, 11) is 0. The van der Waals surface area contributed by atoms with Crippen LogP contribution in [0.25, 0.3) is 0 Å². The number of aromatic nitrogens is 2. The molecular formula is C27H22ClN3O3S. The van der Waals surface area contributed by atoms with Gasteiger partial charge < -0.3 is 4.74 Å². The molecule has 0 aliphatic rings. The Balaban J connectivity index is 1.65. The van der Waals surface area contributed by atoms with E-state index in [4.69, 9.17) is 16.3 Å². The van der Waals surface area contributed by atoms with Crippen LogP contribution in [-0.2, 0) is 27.5 Å². The molecule has 35 heavy (non-hydrogen) atoms. The zero-order valence-corrected chi connectivity index (χ0v) is 20.3. The van der Waals surface area contributed by atoms with E-state index >= 15 is 0 Å². The molecule has 1 unspecified atom stereocenters. The fraction of sp³-hybridized carbons (Fsp3) is 0.111. The molecule has 2 aromatic carbocycles. The number of nitrogens with zero attached hydrogens (tertiary/aromatic N) is 3. The molecule has 2 heterocycles. The lowest BCUT2D eigenvalue weighted by Gasteiger charge is -2.26. The van der Waals surface area contributed by atoms with Crippen LogP contribution in [0.3, 0.4) is 0 Å². The highest BCUT2D eigenvalue weighted by atomic mass is 35.5. The number of amides is 1. The zero-order valence-electron chi connectivity index (χ0n) is 18.6. The number of rotatable bonds is 8. The number of halogens is 1. The summed E-state index contributed by atoms with van der Waals surface area (Å²) in [6, 6.07) is 24.8. The second-order valence-corrected chi connectivity index (χ2v) is 8.62. The van der Waals surface area contributed by atoms with Crippen molar-refractivity contribution in [1.82, 2.24) is 9.97 Å². The molecule has 1 atom stereocenters. The summed E-state index contributed by atoms with van der Waals surface area (Å²) in [4.78, 5) is 38.0. The SMILES string of the molecule is O=C(OCc1ccc(S)cc1)C(C(=O)N(Cc1ccc(Cl)nc1)c1ccccn1)c1ccccc1. The highest BCUT2D eigenvalue weighted by molar-refractivity contribution is 7.80. The monoisotopic (exact) mass is 503 g/mol. The number of carbonyl (C=O) groups excluding carboxylic acids is 2. The zero-order chi connectivity index (χ0) is 24.6. The van der Waals surface area contributed by atoms with E-state index in [1.807, 2.05) is 30.3 Å². The molecule has 0 N–H and O–H groups in total. The number of thiol groups is 1. The van der Waals surface area contributed by atoms with Gasteiger partial charge in [-0.1, -0.05) is 66.2 Å². The van der Waals surface area contributed by atoms with Crippen molar-refractivity contribution in [3.05, 3.63) is 119 Å². The van der Waals surface area contributed by atoms with Gasteiger partial charge in [0.15, 0.2) is 5.92 Å². The third-order valence-corrected chi connectivity index (χ3v) is 5.78. The van der Waals surface area contributed by atoms with Gasteiger partial charge in [0.1, 0.15) is 17.6 Å². The van der Waals surface area contributed by atoms with Gasteiger partial charge in [0.05, 0.1) is 6.54 Å². The smallest absolute Gasteiger partial charge is 0.323 e. The third kappa shape index (κ3) is 6.47. The second-order valence-electron chi connectivity index (χ2n) is 7.72. The first-order chi connectivity index (χ1) is 17.0. The number of hydrogen-bond donors (Lipinski definition) is 1. The number of hydrogen-bond acceptors (Lipinski definition) is 6. The minimum absolute atomic E-state index is 0.0359. The number of pyridine rings is 2. The van der Waals surface area contributed by atoms with Crippen LogP contribution in [0, 0.1) is 0 Å². The molecule has 0 aliphatic carbocycles. The van der Waals surface area contributed by atoms with Gasteiger partial charge in [0.25, 0.3) is 0 Å². The summed E-state index contributed by atoms with van der Waals surface area (Å²) in [5.74, 6) is -1.87. The molecule has 0 saturated carbocycles. The van der Waals surface area contributed by atoms with Gasteiger partial charge in [-0.3, -0.25) is 14.5 Å². The van der Waals surface area contributed by atoms with Crippen molar-refractivity contribution in [1.29, 1.82) is 0 Å². The van der Waals surface area contributed by atoms with Crippen LogP contribution >= 0.6 is 24.2 Å². The molecular weight excluding hydrogens is 482 g/mol. The normalized spacial score (nSPS) is 11.5. The average molecular weight is 504 g/mol. The van der Waals surface area contributed by atoms with Crippen molar-refractivity contribution >= 4 is 41.9 Å². The first-order valence-corrected chi connectivity index (χ1v) is 11.7. The lowest BCUT2D eigenvalue weighted by molar-refractivity contribution is -0.149. The van der Waals surface area contributed by atoms with E-state index in [0.29, 0.717) is 16.5 Å². The average Bonchev–Trinajstić information content (AvgIpc) is 2.89. The molecule has 1 amide bonds. The summed E-state index contributed by atoms with van der Waals surface area (Å²) in [6.07, 6.45) is 3.18. The predicted octanol–water partition coefficient (Wildman–Crippen LogP) is 5.48. The molecule has 0 fully saturated rings. The quantitative estimate of drug-likeness (QED) is 0.149. The van der Waals surface area contributed by atoms with Crippen molar-refractivity contribution in [3.8, 4) is 0 Å². The van der Waals surface area contributed by atoms with E-state index in [2.05, 4.69) is 22.6 Å². The lowest BCUT2D eigenvalue weighted by atomic mass is 9.97. The van der Waals surface area contributed by atoms with Crippen LogP contribution in [0.2, 0.25) is 5.15 Å². The van der Waals surface area contributed by atoms with Gasteiger partial charge in [0, 0.05) is 17.3 Å². The van der Waals surface area contributed by atoms with E-state index < -0.39 is 17.8 Å². The van der Waals surface area contributed by atoms with Gasteiger partial charge in [-0.2, -0.15) is 0 Å². The Hall–Kier alpha value is -3.68. The van der Waals surface area contributed by atoms with Crippen LogP contribution in [0.1, 0.15) is 22.6 Å². The van der Waals surface area contributed by atoms with Gasteiger partial charge in [-0.15, -0.1) is 12.6 Å². The summed E-state index contributed by atoms with van der Waals surface area (Å²) in [5.41, 5.74) is 2.06. The third-order valence-electron chi connectivity index (χ3n) is 5.25.